The largest absolute Gasteiger partial charge is 1.00 e. The Hall–Kier alpha value is -2.25. The lowest BCUT2D eigenvalue weighted by Crippen LogP contribution is -3.00. The minimum atomic E-state index is -0.578. The predicted molar refractivity (Wildman–Crippen MR) is 71.1 cm³/mol. The fraction of sp³-hybridized carbons (Fsp3) is 0.167. The number of benzene rings is 1. The van der Waals surface area contributed by atoms with Crippen LogP contribution in [-0.2, 0) is 0 Å². The van der Waals surface area contributed by atoms with Crippen molar-refractivity contribution in [2.75, 3.05) is 0 Å². The monoisotopic (exact) mass is 294 g/mol. The van der Waals surface area contributed by atoms with Gasteiger partial charge < -0.3 is 12.4 Å². The second-order valence-corrected chi connectivity index (χ2v) is 4.00. The third-order valence-electron chi connectivity index (χ3n) is 2.63. The molecule has 2 amide bonds. The molecule has 7 nitrogen and oxygen atoms in total. The highest BCUT2D eigenvalue weighted by molar-refractivity contribution is 5.97. The number of nitrogens with two attached hydrogens (primary N) is 1. The molecule has 0 saturated heterocycles. The minimum Gasteiger partial charge on any atom is -1.00 e. The predicted octanol–water partition coefficient (Wildman–Crippen LogP) is -2.74. The molecule has 1 heterocycles. The van der Waals surface area contributed by atoms with Gasteiger partial charge in [-0.1, -0.05) is 12.1 Å². The number of nitrogens with one attached hydrogen (secondary N) is 3. The number of carbonyl (C=O) groups excluding carboxylic acids is 1. The molecule has 2 aromatic rings. The zero-order chi connectivity index (χ0) is 13.8. The number of aryl methyl sites for hydroxylation is 1. The zero-order valence-electron chi connectivity index (χ0n) is 11.1. The Morgan fingerprint density at radius 1 is 1.40 bits per heavy atom. The van der Waals surface area contributed by atoms with Crippen LogP contribution in [0.1, 0.15) is 18.3 Å². The second-order valence-electron chi connectivity index (χ2n) is 4.00. The number of H-pyrrole nitrogens is 1. The van der Waals surface area contributed by atoms with Crippen molar-refractivity contribution in [1.29, 1.82) is 0 Å². The molecule has 8 heteroatoms. The number of nitrogens with zero attached hydrogens (tertiary/aromatic N) is 2. The summed E-state index contributed by atoms with van der Waals surface area (Å²) in [6.45, 7) is 3.65. The summed E-state index contributed by atoms with van der Waals surface area (Å²) in [5, 5.41) is 3.94. The van der Waals surface area contributed by atoms with Gasteiger partial charge in [-0.25, -0.2) is 26.0 Å². The summed E-state index contributed by atoms with van der Waals surface area (Å²) in [5.74, 6) is 4.95. The van der Waals surface area contributed by atoms with E-state index in [0.717, 1.165) is 22.4 Å². The first-order chi connectivity index (χ1) is 9.11. The molecule has 20 heavy (non-hydrogen) atoms. The number of hydrazone groups is 1. The number of hydrazine groups is 1. The molecular formula is C12H15ClN6O. The van der Waals surface area contributed by atoms with Crippen molar-refractivity contribution >= 4 is 22.8 Å². The van der Waals surface area contributed by atoms with Crippen LogP contribution in [-0.4, -0.2) is 16.7 Å². The molecule has 0 saturated carbocycles. The highest BCUT2D eigenvalue weighted by Gasteiger charge is 2.14. The van der Waals surface area contributed by atoms with Gasteiger partial charge in [-0.3, -0.25) is 5.43 Å². The van der Waals surface area contributed by atoms with E-state index in [4.69, 9.17) is 5.84 Å². The van der Waals surface area contributed by atoms with Crippen molar-refractivity contribution in [2.24, 2.45) is 10.9 Å². The van der Waals surface area contributed by atoms with E-state index in [1.54, 1.807) is 6.92 Å². The molecule has 0 radical (unpaired) electrons. The number of amides is 2. The first kappa shape index (κ1) is 15.8. The van der Waals surface area contributed by atoms with Crippen LogP contribution in [0, 0.1) is 6.92 Å². The van der Waals surface area contributed by atoms with Crippen LogP contribution in [0.2, 0.25) is 0 Å². The number of halogens is 1. The molecule has 0 fully saturated rings. The SMILES string of the molecule is CC(=NNC(=O)NN)c1[nH+]c2ccccc2nc1C.[Cl-]. The average Bonchev–Trinajstić information content (AvgIpc) is 2.43. The smallest absolute Gasteiger partial charge is 0.349 e. The Bertz CT molecular complexity index is 657. The van der Waals surface area contributed by atoms with Gasteiger partial charge in [0.15, 0.2) is 0 Å². The van der Waals surface area contributed by atoms with Crippen LogP contribution >= 0.6 is 0 Å². The molecule has 106 valence electrons. The fourth-order valence-electron chi connectivity index (χ4n) is 1.71. The molecule has 1 aromatic carbocycles. The van der Waals surface area contributed by atoms with E-state index in [2.05, 4.69) is 20.5 Å². The van der Waals surface area contributed by atoms with E-state index in [-0.39, 0.29) is 12.4 Å². The topological polar surface area (TPSA) is 107 Å². The third-order valence-corrected chi connectivity index (χ3v) is 2.63. The highest BCUT2D eigenvalue weighted by Crippen LogP contribution is 2.08. The van der Waals surface area contributed by atoms with Crippen LogP contribution in [0.25, 0.3) is 11.0 Å². The van der Waals surface area contributed by atoms with Crippen molar-refractivity contribution in [1.82, 2.24) is 15.8 Å². The summed E-state index contributed by atoms with van der Waals surface area (Å²) in [4.78, 5) is 18.7. The van der Waals surface area contributed by atoms with Gasteiger partial charge in [-0.05, 0) is 19.9 Å². The minimum absolute atomic E-state index is 0. The molecule has 0 aliphatic heterocycles. The van der Waals surface area contributed by atoms with Crippen molar-refractivity contribution in [2.45, 2.75) is 13.8 Å². The summed E-state index contributed by atoms with van der Waals surface area (Å²) in [6.07, 6.45) is 0. The lowest BCUT2D eigenvalue weighted by molar-refractivity contribution is -0.348. The fourth-order valence-corrected chi connectivity index (χ4v) is 1.71. The molecule has 0 atom stereocenters. The highest BCUT2D eigenvalue weighted by atomic mass is 35.5. The summed E-state index contributed by atoms with van der Waals surface area (Å²) in [5.41, 5.74) is 8.16. The Kier molecular flexibility index (Phi) is 5.36. The van der Waals surface area contributed by atoms with Gasteiger partial charge in [-0.2, -0.15) is 5.10 Å². The average molecular weight is 295 g/mol. The maximum atomic E-state index is 11.0. The van der Waals surface area contributed by atoms with Gasteiger partial charge in [0.25, 0.3) is 0 Å². The first-order valence-corrected chi connectivity index (χ1v) is 5.71. The Balaban J connectivity index is 0.00000200. The zero-order valence-corrected chi connectivity index (χ0v) is 11.8. The number of aromatic amines is 1. The van der Waals surface area contributed by atoms with E-state index in [1.165, 1.54) is 0 Å². The molecule has 0 bridgehead atoms. The van der Waals surface area contributed by atoms with Crippen molar-refractivity contribution < 1.29 is 22.2 Å². The molecule has 5 N–H and O–H groups in total. The normalized spacial score (nSPS) is 10.8. The van der Waals surface area contributed by atoms with E-state index in [9.17, 15) is 4.79 Å². The van der Waals surface area contributed by atoms with Gasteiger partial charge in [0.05, 0.1) is 0 Å². The number of hydrogen-bond acceptors (Lipinski definition) is 4. The Morgan fingerprint density at radius 3 is 2.80 bits per heavy atom. The van der Waals surface area contributed by atoms with Crippen LogP contribution < -0.4 is 34.1 Å². The summed E-state index contributed by atoms with van der Waals surface area (Å²) in [6, 6.07) is 7.13. The van der Waals surface area contributed by atoms with E-state index < -0.39 is 6.03 Å². The number of aromatic nitrogens is 2. The third kappa shape index (κ3) is 3.40. The number of carbonyl (C=O) groups is 1. The van der Waals surface area contributed by atoms with Crippen LogP contribution in [0.4, 0.5) is 4.79 Å². The van der Waals surface area contributed by atoms with Crippen molar-refractivity contribution in [3.05, 3.63) is 35.7 Å². The van der Waals surface area contributed by atoms with E-state index in [0.29, 0.717) is 5.71 Å². The van der Waals surface area contributed by atoms with E-state index >= 15 is 0 Å². The number of rotatable bonds is 2. The molecule has 0 unspecified atom stereocenters. The van der Waals surface area contributed by atoms with E-state index in [1.807, 2.05) is 36.6 Å². The lowest BCUT2D eigenvalue weighted by atomic mass is 10.2. The number of urea groups is 1. The Morgan fingerprint density at radius 2 is 2.10 bits per heavy atom. The van der Waals surface area contributed by atoms with Gasteiger partial charge in [-0.15, -0.1) is 0 Å². The molecule has 0 aliphatic carbocycles. The quantitative estimate of drug-likeness (QED) is 0.242. The molecule has 0 spiro atoms. The summed E-state index contributed by atoms with van der Waals surface area (Å²) >= 11 is 0. The summed E-state index contributed by atoms with van der Waals surface area (Å²) in [7, 11) is 0. The van der Waals surface area contributed by atoms with Crippen LogP contribution in [0.15, 0.2) is 29.4 Å². The molecular weight excluding hydrogens is 280 g/mol. The molecule has 1 aromatic heterocycles. The lowest BCUT2D eigenvalue weighted by Gasteiger charge is -2.01. The number of para-hydroxylation sites is 2. The van der Waals surface area contributed by atoms with Crippen LogP contribution in [0.5, 0.6) is 0 Å². The molecule has 0 aliphatic rings. The van der Waals surface area contributed by atoms with Crippen molar-refractivity contribution in [3.8, 4) is 0 Å². The standard InChI is InChI=1S/C12H14N6O.ClH/c1-7-11(8(2)17-18-12(19)16-13)15-10-6-4-3-5-9(10)14-7;/h3-6H,13H2,1-2H3,(H2,16,18,19);1H. The number of fused-ring (bicyclic) bond motifs is 1. The van der Waals surface area contributed by atoms with Gasteiger partial charge in [0.1, 0.15) is 16.9 Å². The number of hydrogen-bond donors (Lipinski definition) is 3. The molecule has 2 rings (SSSR count). The maximum absolute atomic E-state index is 11.0. The van der Waals surface area contributed by atoms with Gasteiger partial charge in [0.2, 0.25) is 11.2 Å². The summed E-state index contributed by atoms with van der Waals surface area (Å²) < 4.78 is 0. The second kappa shape index (κ2) is 6.78. The Labute approximate surface area is 122 Å². The van der Waals surface area contributed by atoms with Crippen molar-refractivity contribution in [3.63, 3.8) is 0 Å². The first-order valence-electron chi connectivity index (χ1n) is 5.71. The van der Waals surface area contributed by atoms with Crippen LogP contribution in [0.3, 0.4) is 0 Å². The van der Waals surface area contributed by atoms with Gasteiger partial charge >= 0.3 is 6.03 Å². The maximum Gasteiger partial charge on any atom is 0.349 e. The van der Waals surface area contributed by atoms with Gasteiger partial charge in [0, 0.05) is 6.07 Å².